The molecule has 0 radical (unpaired) electrons. The quantitative estimate of drug-likeness (QED) is 0.680. The number of rotatable bonds is 4. The van der Waals surface area contributed by atoms with E-state index in [0.29, 0.717) is 17.0 Å². The second kappa shape index (κ2) is 6.41. The van der Waals surface area contributed by atoms with Crippen molar-refractivity contribution in [1.29, 1.82) is 0 Å². The Labute approximate surface area is 136 Å². The van der Waals surface area contributed by atoms with Crippen molar-refractivity contribution in [2.24, 2.45) is 0 Å². The normalized spacial score (nSPS) is 11.9. The molecule has 3 aromatic rings. The summed E-state index contributed by atoms with van der Waals surface area (Å²) in [6.45, 7) is 1.73. The summed E-state index contributed by atoms with van der Waals surface area (Å²) in [4.78, 5) is 40.9. The Morgan fingerprint density at radius 3 is 2.71 bits per heavy atom. The van der Waals surface area contributed by atoms with Crippen LogP contribution in [-0.2, 0) is 0 Å². The minimum atomic E-state index is -0.518. The van der Waals surface area contributed by atoms with E-state index in [0.717, 1.165) is 0 Å². The van der Waals surface area contributed by atoms with E-state index in [1.54, 1.807) is 31.2 Å². The van der Waals surface area contributed by atoms with Crippen molar-refractivity contribution in [2.45, 2.75) is 13.0 Å². The van der Waals surface area contributed by atoms with Crippen molar-refractivity contribution in [3.05, 3.63) is 80.7 Å². The fourth-order valence-electron chi connectivity index (χ4n) is 2.32. The van der Waals surface area contributed by atoms with Crippen LogP contribution >= 0.6 is 0 Å². The summed E-state index contributed by atoms with van der Waals surface area (Å²) in [6, 6.07) is 9.14. The van der Waals surface area contributed by atoms with Gasteiger partial charge in [-0.2, -0.15) is 0 Å². The Hall–Kier alpha value is -3.35. The molecular weight excluding hydrogens is 310 g/mol. The molecule has 1 unspecified atom stereocenters. The molecule has 3 rings (SSSR count). The van der Waals surface area contributed by atoms with Crippen molar-refractivity contribution in [3.63, 3.8) is 0 Å². The number of aromatic nitrogens is 2. The van der Waals surface area contributed by atoms with Crippen LogP contribution < -0.4 is 16.4 Å². The summed E-state index contributed by atoms with van der Waals surface area (Å²) < 4.78 is 5.21. The molecule has 3 heterocycles. The number of hydrogen-bond acceptors (Lipinski definition) is 4. The molecule has 0 saturated carbocycles. The van der Waals surface area contributed by atoms with Gasteiger partial charge in [-0.25, -0.2) is 0 Å². The zero-order chi connectivity index (χ0) is 17.1. The van der Waals surface area contributed by atoms with Crippen molar-refractivity contribution in [2.75, 3.05) is 0 Å². The maximum atomic E-state index is 12.3. The average Bonchev–Trinajstić information content (AvgIpc) is 3.09. The zero-order valence-electron chi connectivity index (χ0n) is 12.8. The van der Waals surface area contributed by atoms with Crippen LogP contribution in [-0.4, -0.2) is 15.9 Å². The van der Waals surface area contributed by atoms with Gasteiger partial charge in [0.2, 0.25) is 5.56 Å². The van der Waals surface area contributed by atoms with Crippen LogP contribution in [0.5, 0.6) is 0 Å². The number of aromatic amines is 2. The zero-order valence-corrected chi connectivity index (χ0v) is 12.8. The molecule has 0 bridgehead atoms. The Bertz CT molecular complexity index is 970. The van der Waals surface area contributed by atoms with Crippen LogP contribution in [0.1, 0.15) is 28.9 Å². The fourth-order valence-corrected chi connectivity index (χ4v) is 2.32. The number of amides is 1. The topological polar surface area (TPSA) is 108 Å². The van der Waals surface area contributed by atoms with Crippen LogP contribution in [0.3, 0.4) is 0 Å². The highest BCUT2D eigenvalue weighted by molar-refractivity contribution is 5.94. The van der Waals surface area contributed by atoms with Gasteiger partial charge in [-0.15, -0.1) is 0 Å². The Kier molecular flexibility index (Phi) is 4.15. The van der Waals surface area contributed by atoms with E-state index in [1.165, 1.54) is 24.6 Å². The van der Waals surface area contributed by atoms with Gasteiger partial charge in [0, 0.05) is 12.3 Å². The Morgan fingerprint density at radius 1 is 1.21 bits per heavy atom. The van der Waals surface area contributed by atoms with Crippen molar-refractivity contribution >= 4 is 5.91 Å². The summed E-state index contributed by atoms with van der Waals surface area (Å²) in [5.41, 5.74) is 0.357. The van der Waals surface area contributed by atoms with Crippen molar-refractivity contribution < 1.29 is 9.21 Å². The lowest BCUT2D eigenvalue weighted by molar-refractivity contribution is 0.0938. The summed E-state index contributed by atoms with van der Waals surface area (Å²) in [6.07, 6.45) is 3.00. The lowest BCUT2D eigenvalue weighted by Crippen LogP contribution is -2.32. The van der Waals surface area contributed by atoms with Gasteiger partial charge < -0.3 is 19.7 Å². The number of H-pyrrole nitrogens is 2. The Morgan fingerprint density at radius 2 is 2.04 bits per heavy atom. The third kappa shape index (κ3) is 3.19. The number of carbonyl (C=O) groups is 1. The van der Waals surface area contributed by atoms with Gasteiger partial charge in [0.1, 0.15) is 11.3 Å². The van der Waals surface area contributed by atoms with Gasteiger partial charge in [-0.05, 0) is 42.8 Å². The number of nitrogens with one attached hydrogen (secondary N) is 3. The molecule has 24 heavy (non-hydrogen) atoms. The first kappa shape index (κ1) is 15.5. The molecule has 0 aromatic carbocycles. The van der Waals surface area contributed by atoms with E-state index in [4.69, 9.17) is 4.42 Å². The van der Waals surface area contributed by atoms with E-state index in [-0.39, 0.29) is 11.1 Å². The predicted octanol–water partition coefficient (Wildman–Crippen LogP) is 1.81. The molecule has 3 aromatic heterocycles. The molecule has 0 aliphatic carbocycles. The molecule has 1 atom stereocenters. The second-order valence-corrected chi connectivity index (χ2v) is 5.27. The molecule has 122 valence electrons. The maximum absolute atomic E-state index is 12.3. The van der Waals surface area contributed by atoms with Crippen LogP contribution in [0, 0.1) is 0 Å². The average molecular weight is 325 g/mol. The number of pyridine rings is 2. The first-order valence-electron chi connectivity index (χ1n) is 7.31. The smallest absolute Gasteiger partial charge is 0.261 e. The van der Waals surface area contributed by atoms with Crippen LogP contribution in [0.15, 0.2) is 62.9 Å². The van der Waals surface area contributed by atoms with Crippen molar-refractivity contribution in [1.82, 2.24) is 15.3 Å². The minimum Gasteiger partial charge on any atom is -0.463 e. The summed E-state index contributed by atoms with van der Waals surface area (Å²) >= 11 is 0. The van der Waals surface area contributed by atoms with Crippen LogP contribution in [0.4, 0.5) is 0 Å². The molecule has 1 amide bonds. The SMILES string of the molecule is CC(NC(=O)c1ccc(-c2ccco2)[nH]c1=O)c1cc[nH]c(=O)c1. The van der Waals surface area contributed by atoms with E-state index in [1.807, 2.05) is 0 Å². The lowest BCUT2D eigenvalue weighted by atomic mass is 10.1. The van der Waals surface area contributed by atoms with Crippen LogP contribution in [0.25, 0.3) is 11.5 Å². The van der Waals surface area contributed by atoms with Gasteiger partial charge in [0.25, 0.3) is 11.5 Å². The number of furan rings is 1. The van der Waals surface area contributed by atoms with E-state index in [2.05, 4.69) is 15.3 Å². The summed E-state index contributed by atoms with van der Waals surface area (Å²) in [5.74, 6) is -0.00837. The van der Waals surface area contributed by atoms with Crippen molar-refractivity contribution in [3.8, 4) is 11.5 Å². The van der Waals surface area contributed by atoms with E-state index >= 15 is 0 Å². The molecule has 7 heteroatoms. The molecule has 0 aliphatic rings. The summed E-state index contributed by atoms with van der Waals surface area (Å²) in [5, 5.41) is 2.70. The third-order valence-electron chi connectivity index (χ3n) is 3.59. The van der Waals surface area contributed by atoms with Gasteiger partial charge in [0.15, 0.2) is 0 Å². The minimum absolute atomic E-state index is 0.0120. The molecule has 0 fully saturated rings. The monoisotopic (exact) mass is 325 g/mol. The van der Waals surface area contributed by atoms with E-state index < -0.39 is 17.5 Å². The first-order valence-corrected chi connectivity index (χ1v) is 7.31. The van der Waals surface area contributed by atoms with Gasteiger partial charge >= 0.3 is 0 Å². The third-order valence-corrected chi connectivity index (χ3v) is 3.59. The molecule has 3 N–H and O–H groups in total. The molecule has 0 spiro atoms. The standard InChI is InChI=1S/C17H15N3O4/c1-10(11-6-7-18-15(21)9-11)19-16(22)12-4-5-13(20-17(12)23)14-3-2-8-24-14/h2-10H,1H3,(H,18,21)(H,19,22)(H,20,23). The van der Waals surface area contributed by atoms with Gasteiger partial charge in [-0.1, -0.05) is 0 Å². The molecular formula is C17H15N3O4. The predicted molar refractivity (Wildman–Crippen MR) is 87.7 cm³/mol. The highest BCUT2D eigenvalue weighted by Crippen LogP contribution is 2.16. The Balaban J connectivity index is 1.80. The number of hydrogen-bond donors (Lipinski definition) is 3. The highest BCUT2D eigenvalue weighted by Gasteiger charge is 2.15. The second-order valence-electron chi connectivity index (χ2n) is 5.27. The molecule has 0 saturated heterocycles. The first-order chi connectivity index (χ1) is 11.5. The number of carbonyl (C=O) groups excluding carboxylic acids is 1. The largest absolute Gasteiger partial charge is 0.463 e. The molecule has 0 aliphatic heterocycles. The van der Waals surface area contributed by atoms with Crippen LogP contribution in [0.2, 0.25) is 0 Å². The van der Waals surface area contributed by atoms with E-state index in [9.17, 15) is 14.4 Å². The van der Waals surface area contributed by atoms with Gasteiger partial charge in [0.05, 0.1) is 18.0 Å². The summed E-state index contributed by atoms with van der Waals surface area (Å²) in [7, 11) is 0. The molecule has 7 nitrogen and oxygen atoms in total. The fraction of sp³-hybridized carbons (Fsp3) is 0.118. The lowest BCUT2D eigenvalue weighted by Gasteiger charge is -2.13. The maximum Gasteiger partial charge on any atom is 0.261 e. The van der Waals surface area contributed by atoms with Gasteiger partial charge in [-0.3, -0.25) is 14.4 Å². The highest BCUT2D eigenvalue weighted by atomic mass is 16.3.